The summed E-state index contributed by atoms with van der Waals surface area (Å²) in [4.78, 5) is 14.4. The SMILES string of the molecule is CCC1CCC(CNc2cc([N+](=O)[O-])ccn2)CC1. The minimum Gasteiger partial charge on any atom is -0.370 e. The molecule has 5 nitrogen and oxygen atoms in total. The molecule has 5 heteroatoms. The fourth-order valence-electron chi connectivity index (χ4n) is 2.72. The Morgan fingerprint density at radius 2 is 2.05 bits per heavy atom. The number of anilines is 1. The number of nitrogens with zero attached hydrogens (tertiary/aromatic N) is 2. The molecule has 1 heterocycles. The Hall–Kier alpha value is -1.65. The molecule has 0 radical (unpaired) electrons. The van der Waals surface area contributed by atoms with Crippen LogP contribution in [0.5, 0.6) is 0 Å². The molecule has 1 saturated carbocycles. The summed E-state index contributed by atoms with van der Waals surface area (Å²) in [5, 5.41) is 13.9. The molecule has 0 atom stereocenters. The van der Waals surface area contributed by atoms with Crippen LogP contribution in [0.1, 0.15) is 39.0 Å². The fraction of sp³-hybridized carbons (Fsp3) is 0.643. The predicted octanol–water partition coefficient (Wildman–Crippen LogP) is 3.62. The van der Waals surface area contributed by atoms with E-state index in [2.05, 4.69) is 17.2 Å². The van der Waals surface area contributed by atoms with Crippen LogP contribution >= 0.6 is 0 Å². The first kappa shape index (κ1) is 13.8. The molecule has 19 heavy (non-hydrogen) atoms. The van der Waals surface area contributed by atoms with Crippen LogP contribution < -0.4 is 5.32 Å². The number of nitro groups is 1. The molecule has 1 aliphatic carbocycles. The van der Waals surface area contributed by atoms with E-state index in [1.165, 1.54) is 50.4 Å². The van der Waals surface area contributed by atoms with Crippen molar-refractivity contribution in [2.75, 3.05) is 11.9 Å². The Labute approximate surface area is 113 Å². The van der Waals surface area contributed by atoms with Crippen LogP contribution in [-0.2, 0) is 0 Å². The normalized spacial score (nSPS) is 23.0. The van der Waals surface area contributed by atoms with Crippen molar-refractivity contribution in [3.05, 3.63) is 28.4 Å². The standard InChI is InChI=1S/C14H21N3O2/c1-2-11-3-5-12(6-4-11)10-16-14-9-13(17(18)19)7-8-15-14/h7-9,11-12H,2-6,10H2,1H3,(H,15,16). The molecule has 0 saturated heterocycles. The lowest BCUT2D eigenvalue weighted by molar-refractivity contribution is -0.384. The van der Waals surface area contributed by atoms with Gasteiger partial charge in [0.25, 0.3) is 5.69 Å². The van der Waals surface area contributed by atoms with Crippen LogP contribution in [0.15, 0.2) is 18.3 Å². The number of hydrogen-bond donors (Lipinski definition) is 1. The van der Waals surface area contributed by atoms with Gasteiger partial charge in [-0.05, 0) is 24.7 Å². The molecule has 0 spiro atoms. The maximum atomic E-state index is 10.7. The molecule has 2 rings (SSSR count). The lowest BCUT2D eigenvalue weighted by Crippen LogP contribution is -2.21. The molecule has 1 N–H and O–H groups in total. The summed E-state index contributed by atoms with van der Waals surface area (Å²) in [6.45, 7) is 3.13. The Bertz CT molecular complexity index is 428. The van der Waals surface area contributed by atoms with Crippen LogP contribution in [0.4, 0.5) is 11.5 Å². The molecule has 0 amide bonds. The van der Waals surface area contributed by atoms with Gasteiger partial charge in [0, 0.05) is 18.8 Å². The van der Waals surface area contributed by atoms with E-state index < -0.39 is 0 Å². The van der Waals surface area contributed by atoms with Crippen molar-refractivity contribution in [2.24, 2.45) is 11.8 Å². The Kier molecular flexibility index (Phi) is 4.71. The van der Waals surface area contributed by atoms with Crippen LogP contribution in [-0.4, -0.2) is 16.5 Å². The largest absolute Gasteiger partial charge is 0.370 e. The number of rotatable bonds is 5. The minimum absolute atomic E-state index is 0.0900. The number of aromatic nitrogens is 1. The molecule has 104 valence electrons. The Balaban J connectivity index is 1.82. The summed E-state index contributed by atoms with van der Waals surface area (Å²) in [6, 6.07) is 2.91. The average molecular weight is 263 g/mol. The molecule has 1 aliphatic rings. The second-order valence-corrected chi connectivity index (χ2v) is 5.33. The van der Waals surface area contributed by atoms with Crippen molar-refractivity contribution < 1.29 is 4.92 Å². The second kappa shape index (κ2) is 6.50. The second-order valence-electron chi connectivity index (χ2n) is 5.33. The summed E-state index contributed by atoms with van der Waals surface area (Å²) in [5.74, 6) is 2.17. The third-order valence-electron chi connectivity index (χ3n) is 4.07. The highest BCUT2D eigenvalue weighted by Gasteiger charge is 2.19. The van der Waals surface area contributed by atoms with Crippen molar-refractivity contribution in [2.45, 2.75) is 39.0 Å². The van der Waals surface area contributed by atoms with Crippen LogP contribution in [0.25, 0.3) is 0 Å². The Morgan fingerprint density at radius 3 is 2.68 bits per heavy atom. The van der Waals surface area contributed by atoms with Gasteiger partial charge in [-0.25, -0.2) is 4.98 Å². The minimum atomic E-state index is -0.390. The maximum absolute atomic E-state index is 10.7. The summed E-state index contributed by atoms with van der Waals surface area (Å²) >= 11 is 0. The third kappa shape index (κ3) is 3.91. The van der Waals surface area contributed by atoms with Crippen molar-refractivity contribution in [1.29, 1.82) is 0 Å². The number of nitrogens with one attached hydrogen (secondary N) is 1. The van der Waals surface area contributed by atoms with Gasteiger partial charge < -0.3 is 5.32 Å². The van der Waals surface area contributed by atoms with Crippen molar-refractivity contribution in [3.8, 4) is 0 Å². The van der Waals surface area contributed by atoms with Crippen LogP contribution in [0.2, 0.25) is 0 Å². The first-order valence-electron chi connectivity index (χ1n) is 7.03. The van der Waals surface area contributed by atoms with Gasteiger partial charge in [-0.3, -0.25) is 10.1 Å². The summed E-state index contributed by atoms with van der Waals surface area (Å²) in [6.07, 6.45) is 7.89. The zero-order valence-corrected chi connectivity index (χ0v) is 11.3. The highest BCUT2D eigenvalue weighted by molar-refractivity contribution is 5.44. The Morgan fingerprint density at radius 1 is 1.37 bits per heavy atom. The molecular formula is C14H21N3O2. The summed E-state index contributed by atoms with van der Waals surface area (Å²) in [5.41, 5.74) is 0.0900. The molecule has 0 aromatic carbocycles. The van der Waals surface area contributed by atoms with E-state index in [9.17, 15) is 10.1 Å². The summed E-state index contributed by atoms with van der Waals surface area (Å²) < 4.78 is 0. The van der Waals surface area contributed by atoms with E-state index in [0.29, 0.717) is 11.7 Å². The predicted molar refractivity (Wildman–Crippen MR) is 75.1 cm³/mol. The smallest absolute Gasteiger partial charge is 0.274 e. The van der Waals surface area contributed by atoms with Crippen molar-refractivity contribution in [3.63, 3.8) is 0 Å². The molecule has 1 aromatic heterocycles. The van der Waals surface area contributed by atoms with Gasteiger partial charge in [0.05, 0.1) is 11.0 Å². The van der Waals surface area contributed by atoms with Gasteiger partial charge in [-0.2, -0.15) is 0 Å². The lowest BCUT2D eigenvalue weighted by atomic mass is 9.81. The molecule has 0 unspecified atom stereocenters. The van der Waals surface area contributed by atoms with Gasteiger partial charge in [0.15, 0.2) is 0 Å². The van der Waals surface area contributed by atoms with E-state index in [1.54, 1.807) is 0 Å². The lowest BCUT2D eigenvalue weighted by Gasteiger charge is -2.27. The highest BCUT2D eigenvalue weighted by atomic mass is 16.6. The molecule has 0 bridgehead atoms. The zero-order chi connectivity index (χ0) is 13.7. The van der Waals surface area contributed by atoms with E-state index in [1.807, 2.05) is 0 Å². The average Bonchev–Trinajstić information content (AvgIpc) is 2.46. The number of pyridine rings is 1. The number of hydrogen-bond acceptors (Lipinski definition) is 4. The van der Waals surface area contributed by atoms with Crippen molar-refractivity contribution >= 4 is 11.5 Å². The topological polar surface area (TPSA) is 68.1 Å². The van der Waals surface area contributed by atoms with Crippen LogP contribution in [0, 0.1) is 22.0 Å². The van der Waals surface area contributed by atoms with Gasteiger partial charge in [-0.15, -0.1) is 0 Å². The zero-order valence-electron chi connectivity index (χ0n) is 11.3. The maximum Gasteiger partial charge on any atom is 0.274 e. The first-order chi connectivity index (χ1) is 9.19. The molecule has 1 fully saturated rings. The van der Waals surface area contributed by atoms with E-state index in [-0.39, 0.29) is 10.6 Å². The van der Waals surface area contributed by atoms with Gasteiger partial charge in [0.2, 0.25) is 0 Å². The third-order valence-corrected chi connectivity index (χ3v) is 4.07. The van der Waals surface area contributed by atoms with Gasteiger partial charge in [-0.1, -0.05) is 26.2 Å². The fourth-order valence-corrected chi connectivity index (χ4v) is 2.72. The molecular weight excluding hydrogens is 242 g/mol. The van der Waals surface area contributed by atoms with E-state index >= 15 is 0 Å². The summed E-state index contributed by atoms with van der Waals surface area (Å²) in [7, 11) is 0. The quantitative estimate of drug-likeness (QED) is 0.650. The van der Waals surface area contributed by atoms with Gasteiger partial charge >= 0.3 is 0 Å². The van der Waals surface area contributed by atoms with Crippen molar-refractivity contribution in [1.82, 2.24) is 4.98 Å². The van der Waals surface area contributed by atoms with E-state index in [0.717, 1.165) is 12.5 Å². The van der Waals surface area contributed by atoms with Crippen LogP contribution in [0.3, 0.4) is 0 Å². The van der Waals surface area contributed by atoms with E-state index in [4.69, 9.17) is 0 Å². The van der Waals surface area contributed by atoms with Gasteiger partial charge in [0.1, 0.15) is 5.82 Å². The molecule has 1 aromatic rings. The monoisotopic (exact) mass is 263 g/mol. The molecule has 0 aliphatic heterocycles. The highest BCUT2D eigenvalue weighted by Crippen LogP contribution is 2.30. The first-order valence-corrected chi connectivity index (χ1v) is 7.03.